The maximum Gasteiger partial charge on any atom is 0.0672 e. The number of nitrogens with zero attached hydrogens (tertiary/aromatic N) is 2. The van der Waals surface area contributed by atoms with E-state index in [0.29, 0.717) is 12.0 Å². The molecule has 0 saturated carbocycles. The van der Waals surface area contributed by atoms with E-state index in [9.17, 15) is 0 Å². The molecule has 0 spiro atoms. The van der Waals surface area contributed by atoms with Crippen LogP contribution >= 0.6 is 0 Å². The summed E-state index contributed by atoms with van der Waals surface area (Å²) in [5.74, 6) is 0.840. The highest BCUT2D eigenvalue weighted by molar-refractivity contribution is 4.91. The van der Waals surface area contributed by atoms with Crippen LogP contribution in [0, 0.1) is 23.2 Å². The molecule has 13 heavy (non-hydrogen) atoms. The van der Waals surface area contributed by atoms with Gasteiger partial charge in [-0.15, -0.1) is 0 Å². The van der Waals surface area contributed by atoms with Gasteiger partial charge in [-0.05, 0) is 32.9 Å². The van der Waals surface area contributed by atoms with Crippen LogP contribution in [0.1, 0.15) is 33.6 Å². The Morgan fingerprint density at radius 1 is 1.31 bits per heavy atom. The Labute approximate surface area is 82.5 Å². The summed E-state index contributed by atoms with van der Waals surface area (Å²) >= 11 is 0. The molecule has 2 atom stereocenters. The Kier molecular flexibility index (Phi) is 5.73. The second-order valence-electron chi connectivity index (χ2n) is 4.30. The topological polar surface area (TPSA) is 27.0 Å². The average Bonchev–Trinajstić information content (AvgIpc) is 2.04. The monoisotopic (exact) mass is 182 g/mol. The lowest BCUT2D eigenvalue weighted by molar-refractivity contribution is 0.205. The molecule has 0 amide bonds. The number of hydrogen-bond acceptors (Lipinski definition) is 2. The van der Waals surface area contributed by atoms with E-state index < -0.39 is 0 Å². The van der Waals surface area contributed by atoms with Gasteiger partial charge in [0.1, 0.15) is 0 Å². The zero-order valence-electron chi connectivity index (χ0n) is 9.54. The molecule has 0 heterocycles. The predicted octanol–water partition coefficient (Wildman–Crippen LogP) is 2.51. The van der Waals surface area contributed by atoms with Crippen molar-refractivity contribution in [1.29, 1.82) is 5.26 Å². The molecule has 76 valence electrons. The van der Waals surface area contributed by atoms with Crippen molar-refractivity contribution in [3.8, 4) is 6.07 Å². The van der Waals surface area contributed by atoms with E-state index in [1.165, 1.54) is 0 Å². The molecule has 0 aliphatic heterocycles. The van der Waals surface area contributed by atoms with Crippen LogP contribution in [-0.4, -0.2) is 25.0 Å². The first-order chi connectivity index (χ1) is 6.02. The van der Waals surface area contributed by atoms with E-state index in [2.05, 4.69) is 45.8 Å². The fraction of sp³-hybridized carbons (Fsp3) is 0.909. The Hall–Kier alpha value is -0.550. The molecule has 2 nitrogen and oxygen atoms in total. The first-order valence-corrected chi connectivity index (χ1v) is 5.08. The van der Waals surface area contributed by atoms with Gasteiger partial charge >= 0.3 is 0 Å². The van der Waals surface area contributed by atoms with Gasteiger partial charge in [-0.1, -0.05) is 20.8 Å². The second-order valence-corrected chi connectivity index (χ2v) is 4.30. The minimum Gasteiger partial charge on any atom is -0.305 e. The molecule has 0 aliphatic carbocycles. The predicted molar refractivity (Wildman–Crippen MR) is 56.3 cm³/mol. The van der Waals surface area contributed by atoms with Gasteiger partial charge in [-0.25, -0.2) is 0 Å². The molecule has 0 radical (unpaired) electrons. The third-order valence-electron chi connectivity index (χ3n) is 2.45. The molecular weight excluding hydrogens is 160 g/mol. The van der Waals surface area contributed by atoms with E-state index in [1.807, 2.05) is 0 Å². The van der Waals surface area contributed by atoms with Crippen molar-refractivity contribution < 1.29 is 0 Å². The summed E-state index contributed by atoms with van der Waals surface area (Å²) in [5.41, 5.74) is 0. The van der Waals surface area contributed by atoms with Gasteiger partial charge in [-0.2, -0.15) is 5.26 Å². The molecule has 0 fully saturated rings. The highest BCUT2D eigenvalue weighted by Gasteiger charge is 2.22. The van der Waals surface area contributed by atoms with Crippen molar-refractivity contribution in [3.05, 3.63) is 0 Å². The molecule has 0 rings (SSSR count). The van der Waals surface area contributed by atoms with Gasteiger partial charge in [0.2, 0.25) is 0 Å². The minimum atomic E-state index is 0.178. The van der Waals surface area contributed by atoms with E-state index in [4.69, 9.17) is 5.26 Å². The zero-order valence-corrected chi connectivity index (χ0v) is 9.54. The first kappa shape index (κ1) is 12.4. The normalized spacial score (nSPS) is 15.8. The van der Waals surface area contributed by atoms with Crippen LogP contribution in [0.3, 0.4) is 0 Å². The lowest BCUT2D eigenvalue weighted by Gasteiger charge is -2.29. The fourth-order valence-electron chi connectivity index (χ4n) is 1.67. The second kappa shape index (κ2) is 5.99. The van der Waals surface area contributed by atoms with Crippen LogP contribution in [0.25, 0.3) is 0 Å². The lowest BCUT2D eigenvalue weighted by atomic mass is 9.90. The number of nitriles is 1. The van der Waals surface area contributed by atoms with Gasteiger partial charge in [0.15, 0.2) is 0 Å². The number of hydrogen-bond donors (Lipinski definition) is 0. The fourth-order valence-corrected chi connectivity index (χ4v) is 1.67. The molecule has 0 bridgehead atoms. The first-order valence-electron chi connectivity index (χ1n) is 5.08. The lowest BCUT2D eigenvalue weighted by Crippen LogP contribution is -2.35. The maximum atomic E-state index is 8.98. The van der Waals surface area contributed by atoms with Crippen molar-refractivity contribution in [2.45, 2.75) is 39.7 Å². The maximum absolute atomic E-state index is 8.98. The van der Waals surface area contributed by atoms with Crippen LogP contribution in [0.5, 0.6) is 0 Å². The van der Waals surface area contributed by atoms with E-state index in [-0.39, 0.29) is 5.92 Å². The van der Waals surface area contributed by atoms with Crippen LogP contribution in [0.2, 0.25) is 0 Å². The van der Waals surface area contributed by atoms with E-state index in [0.717, 1.165) is 12.8 Å². The van der Waals surface area contributed by atoms with Crippen LogP contribution in [0.15, 0.2) is 0 Å². The summed E-state index contributed by atoms with van der Waals surface area (Å²) in [5, 5.41) is 8.98. The van der Waals surface area contributed by atoms with Gasteiger partial charge in [0.25, 0.3) is 0 Å². The SMILES string of the molecule is CCC(C#N)C(CC(C)C)N(C)C. The highest BCUT2D eigenvalue weighted by Crippen LogP contribution is 2.19. The Morgan fingerprint density at radius 2 is 1.85 bits per heavy atom. The summed E-state index contributed by atoms with van der Waals surface area (Å²) in [6, 6.07) is 2.81. The summed E-state index contributed by atoms with van der Waals surface area (Å²) < 4.78 is 0. The molecule has 0 aromatic carbocycles. The Bertz CT molecular complexity index is 167. The Morgan fingerprint density at radius 3 is 2.08 bits per heavy atom. The summed E-state index contributed by atoms with van der Waals surface area (Å²) in [6.45, 7) is 6.51. The molecule has 2 unspecified atom stereocenters. The minimum absolute atomic E-state index is 0.178. The highest BCUT2D eigenvalue weighted by atomic mass is 15.1. The van der Waals surface area contributed by atoms with Crippen molar-refractivity contribution >= 4 is 0 Å². The number of rotatable bonds is 5. The summed E-state index contributed by atoms with van der Waals surface area (Å²) in [6.07, 6.45) is 2.06. The smallest absolute Gasteiger partial charge is 0.0672 e. The van der Waals surface area contributed by atoms with Crippen molar-refractivity contribution in [2.75, 3.05) is 14.1 Å². The molecular formula is C11H22N2. The quantitative estimate of drug-likeness (QED) is 0.653. The van der Waals surface area contributed by atoms with Crippen LogP contribution in [0.4, 0.5) is 0 Å². The standard InChI is InChI=1S/C11H22N2/c1-6-10(8-12)11(13(4)5)7-9(2)3/h9-11H,6-7H2,1-5H3. The largest absolute Gasteiger partial charge is 0.305 e. The zero-order chi connectivity index (χ0) is 10.4. The van der Waals surface area contributed by atoms with Gasteiger partial charge < -0.3 is 4.90 Å². The average molecular weight is 182 g/mol. The van der Waals surface area contributed by atoms with Crippen molar-refractivity contribution in [2.24, 2.45) is 11.8 Å². The third kappa shape index (κ3) is 4.28. The van der Waals surface area contributed by atoms with E-state index in [1.54, 1.807) is 0 Å². The van der Waals surface area contributed by atoms with Gasteiger partial charge in [0.05, 0.1) is 12.0 Å². The van der Waals surface area contributed by atoms with Crippen LogP contribution in [-0.2, 0) is 0 Å². The molecule has 0 aromatic heterocycles. The van der Waals surface area contributed by atoms with Crippen molar-refractivity contribution in [3.63, 3.8) is 0 Å². The van der Waals surface area contributed by atoms with Crippen LogP contribution < -0.4 is 0 Å². The van der Waals surface area contributed by atoms with Gasteiger partial charge in [0, 0.05) is 6.04 Å². The molecule has 0 aliphatic rings. The van der Waals surface area contributed by atoms with Crippen molar-refractivity contribution in [1.82, 2.24) is 4.90 Å². The van der Waals surface area contributed by atoms with Gasteiger partial charge in [-0.3, -0.25) is 0 Å². The molecule has 0 saturated heterocycles. The summed E-state index contributed by atoms with van der Waals surface area (Å²) in [7, 11) is 4.13. The molecule has 0 N–H and O–H groups in total. The van der Waals surface area contributed by atoms with E-state index >= 15 is 0 Å². The molecule has 0 aromatic rings. The molecule has 2 heteroatoms. The third-order valence-corrected chi connectivity index (χ3v) is 2.45. The summed E-state index contributed by atoms with van der Waals surface area (Å²) in [4.78, 5) is 2.18. The Balaban J connectivity index is 4.32.